The van der Waals surface area contributed by atoms with E-state index in [1.807, 2.05) is 30.3 Å². The van der Waals surface area contributed by atoms with Crippen LogP contribution in [0, 0.1) is 3.57 Å². The number of ether oxygens (including phenoxy) is 2. The van der Waals surface area contributed by atoms with Gasteiger partial charge in [-0.05, 0) is 83.3 Å². The smallest absolute Gasteiger partial charge is 0.331 e. The number of hydrogen-bond acceptors (Lipinski definition) is 5. The van der Waals surface area contributed by atoms with Crippen molar-refractivity contribution in [3.8, 4) is 11.5 Å². The molecule has 4 rings (SSSR count). The number of benzene rings is 2. The molecule has 2 aromatic carbocycles. The number of rotatable bonds is 8. The highest BCUT2D eigenvalue weighted by Gasteiger charge is 2.40. The van der Waals surface area contributed by atoms with Crippen LogP contribution >= 0.6 is 22.6 Å². The van der Waals surface area contributed by atoms with Gasteiger partial charge >= 0.3 is 6.03 Å². The van der Waals surface area contributed by atoms with E-state index >= 15 is 0 Å². The topological polar surface area (TPSA) is 84.9 Å². The van der Waals surface area contributed by atoms with Gasteiger partial charge < -0.3 is 9.47 Å². The average Bonchev–Trinajstić information content (AvgIpc) is 3.36. The fourth-order valence-corrected chi connectivity index (χ4v) is 4.82. The Balaban J connectivity index is 1.66. The number of hydrogen-bond donors (Lipinski definition) is 1. The van der Waals surface area contributed by atoms with E-state index in [-0.39, 0.29) is 11.6 Å². The second-order valence-electron chi connectivity index (χ2n) is 8.55. The van der Waals surface area contributed by atoms with Crippen LogP contribution in [0.5, 0.6) is 11.5 Å². The molecule has 1 aliphatic carbocycles. The van der Waals surface area contributed by atoms with Gasteiger partial charge in [-0.25, -0.2) is 4.79 Å². The van der Waals surface area contributed by atoms with E-state index in [4.69, 9.17) is 9.47 Å². The van der Waals surface area contributed by atoms with E-state index < -0.39 is 17.8 Å². The van der Waals surface area contributed by atoms with E-state index in [9.17, 15) is 14.4 Å². The molecule has 4 amide bonds. The van der Waals surface area contributed by atoms with Gasteiger partial charge in [0.2, 0.25) is 0 Å². The third kappa shape index (κ3) is 5.58. The Labute approximate surface area is 218 Å². The zero-order valence-electron chi connectivity index (χ0n) is 19.5. The number of imide groups is 2. The summed E-state index contributed by atoms with van der Waals surface area (Å²) < 4.78 is 12.9. The molecule has 1 aliphatic heterocycles. The minimum absolute atomic E-state index is 0.0735. The minimum Gasteiger partial charge on any atom is -0.493 e. The van der Waals surface area contributed by atoms with E-state index in [1.165, 1.54) is 11.0 Å². The van der Waals surface area contributed by atoms with Gasteiger partial charge in [-0.1, -0.05) is 31.1 Å². The lowest BCUT2D eigenvalue weighted by atomic mass is 10.0. The van der Waals surface area contributed by atoms with Gasteiger partial charge in [0.05, 0.1) is 7.11 Å². The molecule has 1 heterocycles. The molecule has 0 radical (unpaired) electrons. The van der Waals surface area contributed by atoms with Crippen LogP contribution in [0.1, 0.15) is 42.4 Å². The zero-order chi connectivity index (χ0) is 24.9. The highest BCUT2D eigenvalue weighted by molar-refractivity contribution is 14.1. The van der Waals surface area contributed by atoms with Gasteiger partial charge in [0.25, 0.3) is 11.8 Å². The first-order valence-electron chi connectivity index (χ1n) is 11.5. The monoisotopic (exact) mass is 586 g/mol. The van der Waals surface area contributed by atoms with Gasteiger partial charge in [0.1, 0.15) is 12.2 Å². The third-order valence-electron chi connectivity index (χ3n) is 6.17. The second-order valence-corrected chi connectivity index (χ2v) is 9.80. The number of carbonyl (C=O) groups is 3. The molecule has 2 fully saturated rings. The lowest BCUT2D eigenvalue weighted by Gasteiger charge is -2.31. The number of halogens is 1. The first-order chi connectivity index (χ1) is 16.9. The molecule has 1 saturated carbocycles. The number of nitrogens with one attached hydrogen (secondary N) is 1. The van der Waals surface area contributed by atoms with Crippen LogP contribution in [-0.2, 0) is 22.6 Å². The van der Waals surface area contributed by atoms with Crippen LogP contribution in [0.15, 0.2) is 54.6 Å². The van der Waals surface area contributed by atoms with Crippen molar-refractivity contribution in [2.75, 3.05) is 7.11 Å². The molecule has 182 valence electrons. The van der Waals surface area contributed by atoms with Gasteiger partial charge in [-0.2, -0.15) is 0 Å². The number of nitrogens with zero attached hydrogens (tertiary/aromatic N) is 1. The molecule has 0 aromatic heterocycles. The van der Waals surface area contributed by atoms with Crippen molar-refractivity contribution >= 4 is 46.5 Å². The molecule has 35 heavy (non-hydrogen) atoms. The number of amides is 4. The number of carbonyl (C=O) groups excluding carboxylic acids is 3. The summed E-state index contributed by atoms with van der Waals surface area (Å²) in [6.45, 7) is 4.20. The predicted molar refractivity (Wildman–Crippen MR) is 141 cm³/mol. The Morgan fingerprint density at radius 2 is 1.86 bits per heavy atom. The quantitative estimate of drug-likeness (QED) is 0.204. The molecule has 8 heteroatoms. The van der Waals surface area contributed by atoms with E-state index in [1.54, 1.807) is 19.3 Å². The molecule has 0 bridgehead atoms. The number of methoxy groups -OCH3 is 1. The van der Waals surface area contributed by atoms with Crippen LogP contribution < -0.4 is 14.8 Å². The summed E-state index contributed by atoms with van der Waals surface area (Å²) in [5, 5.41) is 2.32. The first-order valence-corrected chi connectivity index (χ1v) is 12.6. The summed E-state index contributed by atoms with van der Waals surface area (Å²) in [6.07, 6.45) is 7.19. The van der Waals surface area contributed by atoms with Crippen molar-refractivity contribution in [2.45, 2.75) is 44.8 Å². The normalized spacial score (nSPS) is 17.6. The summed E-state index contributed by atoms with van der Waals surface area (Å²) in [4.78, 5) is 39.3. The maximum atomic E-state index is 13.2. The Bertz CT molecular complexity index is 1180. The second kappa shape index (κ2) is 11.1. The van der Waals surface area contributed by atoms with E-state index in [0.29, 0.717) is 30.1 Å². The van der Waals surface area contributed by atoms with Crippen LogP contribution in [0.4, 0.5) is 4.79 Å². The molecule has 1 saturated heterocycles. The van der Waals surface area contributed by atoms with Crippen molar-refractivity contribution in [1.82, 2.24) is 10.2 Å². The van der Waals surface area contributed by atoms with Crippen molar-refractivity contribution < 1.29 is 23.9 Å². The molecular weight excluding hydrogens is 559 g/mol. The SMILES string of the molecule is C=CCc1cc(/C=C2\C(=O)NC(=O)N(C3CCCC3)C2=O)cc(OC)c1OCc1ccc(I)cc1. The maximum Gasteiger partial charge on any atom is 0.331 e. The summed E-state index contributed by atoms with van der Waals surface area (Å²) in [7, 11) is 1.54. The van der Waals surface area contributed by atoms with Crippen molar-refractivity contribution in [1.29, 1.82) is 0 Å². The predicted octanol–water partition coefficient (Wildman–Crippen LogP) is 5.01. The zero-order valence-corrected chi connectivity index (χ0v) is 21.7. The maximum absolute atomic E-state index is 13.2. The molecule has 0 atom stereocenters. The molecule has 7 nitrogen and oxygen atoms in total. The molecule has 0 unspecified atom stereocenters. The van der Waals surface area contributed by atoms with Crippen molar-refractivity contribution in [3.05, 3.63) is 74.9 Å². The highest BCUT2D eigenvalue weighted by atomic mass is 127. The van der Waals surface area contributed by atoms with Gasteiger partial charge in [0, 0.05) is 15.2 Å². The van der Waals surface area contributed by atoms with E-state index in [2.05, 4.69) is 34.5 Å². The lowest BCUT2D eigenvalue weighted by Crippen LogP contribution is -2.57. The molecule has 2 aliphatic rings. The first kappa shape index (κ1) is 25.0. The Hall–Kier alpha value is -3.14. The Morgan fingerprint density at radius 1 is 1.14 bits per heavy atom. The van der Waals surface area contributed by atoms with Crippen LogP contribution in [0.2, 0.25) is 0 Å². The summed E-state index contributed by atoms with van der Waals surface area (Å²) in [6, 6.07) is 10.8. The minimum atomic E-state index is -0.697. The average molecular weight is 586 g/mol. The van der Waals surface area contributed by atoms with Crippen molar-refractivity contribution in [2.24, 2.45) is 0 Å². The standard InChI is InChI=1S/C27H27IN2O5/c1-3-6-19-13-18(15-23(34-2)24(19)35-16-17-9-11-20(28)12-10-17)14-22-25(31)29-27(33)30(26(22)32)21-7-4-5-8-21/h3,9-15,21H,1,4-8,16H2,2H3,(H,29,31,33)/b22-14+. The lowest BCUT2D eigenvalue weighted by molar-refractivity contribution is -0.131. The molecule has 0 spiro atoms. The summed E-state index contributed by atoms with van der Waals surface area (Å²) in [5.41, 5.74) is 2.35. The van der Waals surface area contributed by atoms with E-state index in [0.717, 1.165) is 40.4 Å². The van der Waals surface area contributed by atoms with Crippen molar-refractivity contribution in [3.63, 3.8) is 0 Å². The van der Waals surface area contributed by atoms with Crippen LogP contribution in [-0.4, -0.2) is 35.9 Å². The summed E-state index contributed by atoms with van der Waals surface area (Å²) >= 11 is 2.25. The number of barbiturate groups is 1. The van der Waals surface area contributed by atoms with Crippen LogP contribution in [0.3, 0.4) is 0 Å². The number of urea groups is 1. The molecular formula is C27H27IN2O5. The Morgan fingerprint density at radius 3 is 2.51 bits per heavy atom. The van der Waals surface area contributed by atoms with Gasteiger partial charge in [-0.3, -0.25) is 19.8 Å². The van der Waals surface area contributed by atoms with Gasteiger partial charge in [0.15, 0.2) is 11.5 Å². The Kier molecular flexibility index (Phi) is 7.90. The number of allylic oxidation sites excluding steroid dienone is 1. The summed E-state index contributed by atoms with van der Waals surface area (Å²) in [5.74, 6) is -0.198. The highest BCUT2D eigenvalue weighted by Crippen LogP contribution is 2.35. The fourth-order valence-electron chi connectivity index (χ4n) is 4.46. The molecule has 1 N–H and O–H groups in total. The van der Waals surface area contributed by atoms with Gasteiger partial charge in [-0.15, -0.1) is 6.58 Å². The molecule has 2 aromatic rings. The third-order valence-corrected chi connectivity index (χ3v) is 6.89. The van der Waals surface area contributed by atoms with Crippen LogP contribution in [0.25, 0.3) is 6.08 Å². The fraction of sp³-hybridized carbons (Fsp3) is 0.296. The largest absolute Gasteiger partial charge is 0.493 e.